The predicted octanol–water partition coefficient (Wildman–Crippen LogP) is 2.55. The van der Waals surface area contributed by atoms with Crippen LogP contribution in [0.5, 0.6) is 0 Å². The lowest BCUT2D eigenvalue weighted by Crippen LogP contribution is -2.34. The second kappa shape index (κ2) is 4.58. The van der Waals surface area contributed by atoms with E-state index in [1.807, 2.05) is 6.92 Å². The third kappa shape index (κ3) is 2.03. The molecule has 1 saturated carbocycles. The van der Waals surface area contributed by atoms with E-state index in [9.17, 15) is 4.39 Å². The molecule has 2 aromatic rings. The van der Waals surface area contributed by atoms with E-state index in [-0.39, 0.29) is 18.0 Å². The Hall–Kier alpha value is -1.46. The number of nitrogens with zero attached hydrogens (tertiary/aromatic N) is 2. The molecule has 102 valence electrons. The lowest BCUT2D eigenvalue weighted by atomic mass is 9.88. The zero-order valence-corrected chi connectivity index (χ0v) is 11.1. The van der Waals surface area contributed by atoms with E-state index in [0.717, 1.165) is 29.7 Å². The topological polar surface area (TPSA) is 53.1 Å². The van der Waals surface area contributed by atoms with Gasteiger partial charge in [-0.3, -0.25) is 0 Å². The number of aromatic nitrogens is 2. The molecule has 1 fully saturated rings. The van der Waals surface area contributed by atoms with Gasteiger partial charge in [-0.15, -0.1) is 0 Å². The first-order chi connectivity index (χ1) is 9.10. The van der Waals surface area contributed by atoms with Gasteiger partial charge < -0.3 is 15.0 Å². The molecular formula is C14H18FN3O. The number of benzene rings is 1. The van der Waals surface area contributed by atoms with Gasteiger partial charge >= 0.3 is 0 Å². The highest BCUT2D eigenvalue weighted by molar-refractivity contribution is 5.76. The Labute approximate surface area is 111 Å². The number of nitrogens with two attached hydrogens (primary N) is 1. The van der Waals surface area contributed by atoms with E-state index in [1.54, 1.807) is 13.2 Å². The molecule has 1 heterocycles. The Bertz CT molecular complexity index is 602. The van der Waals surface area contributed by atoms with Crippen molar-refractivity contribution in [2.45, 2.75) is 38.0 Å². The van der Waals surface area contributed by atoms with Gasteiger partial charge in [-0.25, -0.2) is 9.37 Å². The standard InChI is InChI=1S/C14H18FN3O/c1-8(16)14-17-12-4-3-9(15)5-13(12)18(14)10-6-11(7-10)19-2/h3-5,8,10-11H,6-7,16H2,1-2H3/t8-,10-,11+/m0/s1. The first-order valence-electron chi connectivity index (χ1n) is 6.56. The Morgan fingerprint density at radius 1 is 1.47 bits per heavy atom. The zero-order valence-electron chi connectivity index (χ0n) is 11.1. The quantitative estimate of drug-likeness (QED) is 0.925. The smallest absolute Gasteiger partial charge is 0.126 e. The lowest BCUT2D eigenvalue weighted by Gasteiger charge is -2.36. The summed E-state index contributed by atoms with van der Waals surface area (Å²) in [5.41, 5.74) is 7.62. The Morgan fingerprint density at radius 2 is 2.21 bits per heavy atom. The Morgan fingerprint density at radius 3 is 2.84 bits per heavy atom. The maximum Gasteiger partial charge on any atom is 0.126 e. The molecule has 1 atom stereocenters. The third-order valence-corrected chi connectivity index (χ3v) is 3.85. The van der Waals surface area contributed by atoms with E-state index in [1.165, 1.54) is 12.1 Å². The first kappa shape index (κ1) is 12.6. The van der Waals surface area contributed by atoms with Gasteiger partial charge in [0, 0.05) is 13.2 Å². The second-order valence-corrected chi connectivity index (χ2v) is 5.24. The largest absolute Gasteiger partial charge is 0.381 e. The fourth-order valence-corrected chi connectivity index (χ4v) is 2.73. The van der Waals surface area contributed by atoms with Gasteiger partial charge in [0.15, 0.2) is 0 Å². The number of hydrogen-bond acceptors (Lipinski definition) is 3. The predicted molar refractivity (Wildman–Crippen MR) is 71.4 cm³/mol. The molecule has 0 unspecified atom stereocenters. The molecule has 0 aliphatic heterocycles. The number of rotatable bonds is 3. The molecule has 5 heteroatoms. The second-order valence-electron chi connectivity index (χ2n) is 5.24. The van der Waals surface area contributed by atoms with Crippen LogP contribution in [0.25, 0.3) is 11.0 Å². The summed E-state index contributed by atoms with van der Waals surface area (Å²) in [6.45, 7) is 1.90. The maximum atomic E-state index is 13.5. The van der Waals surface area contributed by atoms with Crippen molar-refractivity contribution >= 4 is 11.0 Å². The normalized spacial score (nSPS) is 24.4. The lowest BCUT2D eigenvalue weighted by molar-refractivity contribution is 0.00636. The molecule has 2 N–H and O–H groups in total. The van der Waals surface area contributed by atoms with Crippen molar-refractivity contribution in [2.24, 2.45) is 5.73 Å². The van der Waals surface area contributed by atoms with Crippen LogP contribution in [-0.4, -0.2) is 22.8 Å². The number of halogens is 1. The molecule has 0 radical (unpaired) electrons. The molecule has 0 bridgehead atoms. The third-order valence-electron chi connectivity index (χ3n) is 3.85. The van der Waals surface area contributed by atoms with Gasteiger partial charge in [-0.1, -0.05) is 0 Å². The molecule has 4 nitrogen and oxygen atoms in total. The van der Waals surface area contributed by atoms with Crippen molar-refractivity contribution in [3.05, 3.63) is 29.8 Å². The first-order valence-corrected chi connectivity index (χ1v) is 6.56. The maximum absolute atomic E-state index is 13.5. The van der Waals surface area contributed by atoms with E-state index in [0.29, 0.717) is 6.04 Å². The molecule has 3 rings (SSSR count). The summed E-state index contributed by atoms with van der Waals surface area (Å²) in [4.78, 5) is 4.54. The van der Waals surface area contributed by atoms with E-state index >= 15 is 0 Å². The van der Waals surface area contributed by atoms with Gasteiger partial charge in [0.25, 0.3) is 0 Å². The SMILES string of the molecule is CO[C@H]1C[C@@H](n2c([C@H](C)N)nc3ccc(F)cc32)C1. The van der Waals surface area contributed by atoms with Gasteiger partial charge in [0.1, 0.15) is 11.6 Å². The van der Waals surface area contributed by atoms with Crippen LogP contribution in [0.15, 0.2) is 18.2 Å². The van der Waals surface area contributed by atoms with Crippen LogP contribution in [0.1, 0.15) is 37.7 Å². The van der Waals surface area contributed by atoms with Crippen molar-refractivity contribution in [1.82, 2.24) is 9.55 Å². The van der Waals surface area contributed by atoms with Crippen molar-refractivity contribution in [3.8, 4) is 0 Å². The van der Waals surface area contributed by atoms with Crippen molar-refractivity contribution < 1.29 is 9.13 Å². The highest BCUT2D eigenvalue weighted by Crippen LogP contribution is 2.38. The number of methoxy groups -OCH3 is 1. The van der Waals surface area contributed by atoms with Gasteiger partial charge in [0.05, 0.1) is 23.2 Å². The Balaban J connectivity index is 2.09. The molecule has 19 heavy (non-hydrogen) atoms. The molecule has 1 aliphatic rings. The summed E-state index contributed by atoms with van der Waals surface area (Å²) in [5.74, 6) is 0.577. The average molecular weight is 263 g/mol. The minimum absolute atomic E-state index is 0.169. The number of hydrogen-bond donors (Lipinski definition) is 1. The van der Waals surface area contributed by atoms with Crippen LogP contribution in [-0.2, 0) is 4.74 Å². The fraction of sp³-hybridized carbons (Fsp3) is 0.500. The minimum Gasteiger partial charge on any atom is -0.381 e. The van der Waals surface area contributed by atoms with Crippen LogP contribution in [0.3, 0.4) is 0 Å². The summed E-state index contributed by atoms with van der Waals surface area (Å²) in [6, 6.07) is 4.81. The molecular weight excluding hydrogens is 245 g/mol. The summed E-state index contributed by atoms with van der Waals surface area (Å²) >= 11 is 0. The fourth-order valence-electron chi connectivity index (χ4n) is 2.73. The molecule has 0 amide bonds. The average Bonchev–Trinajstić information content (AvgIpc) is 2.67. The van der Waals surface area contributed by atoms with E-state index < -0.39 is 0 Å². The molecule has 1 aromatic carbocycles. The summed E-state index contributed by atoms with van der Waals surface area (Å²) in [7, 11) is 1.72. The Kier molecular flexibility index (Phi) is 3.03. The van der Waals surface area contributed by atoms with Crippen LogP contribution in [0.2, 0.25) is 0 Å². The van der Waals surface area contributed by atoms with Gasteiger partial charge in [0.2, 0.25) is 0 Å². The number of imidazole rings is 1. The van der Waals surface area contributed by atoms with E-state index in [4.69, 9.17) is 10.5 Å². The van der Waals surface area contributed by atoms with Gasteiger partial charge in [-0.2, -0.15) is 0 Å². The molecule has 1 aromatic heterocycles. The summed E-state index contributed by atoms with van der Waals surface area (Å²) in [6.07, 6.45) is 2.15. The highest BCUT2D eigenvalue weighted by atomic mass is 19.1. The molecule has 1 aliphatic carbocycles. The van der Waals surface area contributed by atoms with Crippen LogP contribution >= 0.6 is 0 Å². The summed E-state index contributed by atoms with van der Waals surface area (Å²) in [5, 5.41) is 0. The molecule has 0 saturated heterocycles. The van der Waals surface area contributed by atoms with Crippen molar-refractivity contribution in [1.29, 1.82) is 0 Å². The monoisotopic (exact) mass is 263 g/mol. The van der Waals surface area contributed by atoms with Crippen LogP contribution < -0.4 is 5.73 Å². The summed E-state index contributed by atoms with van der Waals surface area (Å²) < 4.78 is 20.9. The zero-order chi connectivity index (χ0) is 13.6. The number of ether oxygens (including phenoxy) is 1. The van der Waals surface area contributed by atoms with Crippen molar-refractivity contribution in [2.75, 3.05) is 7.11 Å². The minimum atomic E-state index is -0.243. The van der Waals surface area contributed by atoms with Crippen LogP contribution in [0.4, 0.5) is 4.39 Å². The number of fused-ring (bicyclic) bond motifs is 1. The molecule has 0 spiro atoms. The van der Waals surface area contributed by atoms with Gasteiger partial charge in [-0.05, 0) is 38.0 Å². The van der Waals surface area contributed by atoms with Crippen LogP contribution in [0, 0.1) is 5.82 Å². The van der Waals surface area contributed by atoms with E-state index in [2.05, 4.69) is 9.55 Å². The van der Waals surface area contributed by atoms with Crippen molar-refractivity contribution in [3.63, 3.8) is 0 Å². The highest BCUT2D eigenvalue weighted by Gasteiger charge is 2.33.